The Hall–Kier alpha value is -1.49. The number of nitrogens with zero attached hydrogens (tertiary/aromatic N) is 3. The van der Waals surface area contributed by atoms with Crippen LogP contribution in [-0.2, 0) is 0 Å². The highest BCUT2D eigenvalue weighted by molar-refractivity contribution is 7.07. The Bertz CT molecular complexity index is 407. The van der Waals surface area contributed by atoms with Gasteiger partial charge in [-0.15, -0.1) is 0 Å². The summed E-state index contributed by atoms with van der Waals surface area (Å²) in [5.74, 6) is 0.839. The molecule has 0 aliphatic heterocycles. The van der Waals surface area contributed by atoms with E-state index in [2.05, 4.69) is 14.8 Å². The Morgan fingerprint density at radius 3 is 2.50 bits per heavy atom. The third-order valence-electron chi connectivity index (χ3n) is 1.88. The Balaban J connectivity index is 2.33. The van der Waals surface area contributed by atoms with Gasteiger partial charge < -0.3 is 4.74 Å². The first-order valence-electron chi connectivity index (χ1n) is 4.16. The summed E-state index contributed by atoms with van der Waals surface area (Å²) in [6.45, 7) is 3.99. The summed E-state index contributed by atoms with van der Waals surface area (Å²) in [6, 6.07) is 5.99. The van der Waals surface area contributed by atoms with Crippen LogP contribution in [0.15, 0.2) is 18.2 Å². The lowest BCUT2D eigenvalue weighted by atomic mass is 10.1. The first-order chi connectivity index (χ1) is 6.77. The largest absolute Gasteiger partial charge is 0.428 e. The normalized spacial score (nSPS) is 10.1. The number of ether oxygens (including phenoxy) is 1. The lowest BCUT2D eigenvalue weighted by Gasteiger charge is -2.07. The summed E-state index contributed by atoms with van der Waals surface area (Å²) < 4.78 is 9.20. The Morgan fingerprint density at radius 2 is 1.93 bits per heavy atom. The fraction of sp³-hybridized carbons (Fsp3) is 0.222. The highest BCUT2D eigenvalue weighted by atomic mass is 32.1. The molecule has 0 fully saturated rings. The number of benzene rings is 1. The number of rotatable bonds is 2. The van der Waals surface area contributed by atoms with Crippen LogP contribution in [0.25, 0.3) is 0 Å². The zero-order valence-electron chi connectivity index (χ0n) is 7.89. The maximum absolute atomic E-state index is 5.56. The van der Waals surface area contributed by atoms with Gasteiger partial charge >= 0.3 is 5.19 Å². The molecule has 2 rings (SSSR count). The van der Waals surface area contributed by atoms with Crippen LogP contribution >= 0.6 is 11.5 Å². The van der Waals surface area contributed by atoms with Crippen LogP contribution in [0.2, 0.25) is 0 Å². The zero-order valence-corrected chi connectivity index (χ0v) is 8.71. The molecule has 0 amide bonds. The molecule has 4 nitrogen and oxygen atoms in total. The predicted molar refractivity (Wildman–Crippen MR) is 53.7 cm³/mol. The van der Waals surface area contributed by atoms with Gasteiger partial charge in [-0.1, -0.05) is 27.8 Å². The quantitative estimate of drug-likeness (QED) is 0.758. The summed E-state index contributed by atoms with van der Waals surface area (Å²) >= 11 is 1.14. The summed E-state index contributed by atoms with van der Waals surface area (Å²) in [6.07, 6.45) is 0. The van der Waals surface area contributed by atoms with E-state index in [1.54, 1.807) is 0 Å². The van der Waals surface area contributed by atoms with Crippen molar-refractivity contribution in [3.63, 3.8) is 0 Å². The zero-order chi connectivity index (χ0) is 9.97. The van der Waals surface area contributed by atoms with Crippen molar-refractivity contribution in [1.29, 1.82) is 0 Å². The Morgan fingerprint density at radius 1 is 1.21 bits per heavy atom. The SMILES string of the molecule is Cc1cccc(C)c1Oc1nnns1. The molecule has 0 unspecified atom stereocenters. The minimum Gasteiger partial charge on any atom is -0.428 e. The highest BCUT2D eigenvalue weighted by Gasteiger charge is 2.06. The van der Waals surface area contributed by atoms with E-state index < -0.39 is 0 Å². The van der Waals surface area contributed by atoms with Gasteiger partial charge in [-0.25, -0.2) is 0 Å². The summed E-state index contributed by atoms with van der Waals surface area (Å²) in [4.78, 5) is 0. The van der Waals surface area contributed by atoms with Crippen LogP contribution in [0, 0.1) is 13.8 Å². The molecule has 0 radical (unpaired) electrons. The Labute approximate surface area is 85.7 Å². The molecule has 0 N–H and O–H groups in total. The van der Waals surface area contributed by atoms with Crippen molar-refractivity contribution in [3.05, 3.63) is 29.3 Å². The third kappa shape index (κ3) is 1.72. The van der Waals surface area contributed by atoms with Crippen molar-refractivity contribution in [3.8, 4) is 10.9 Å². The second kappa shape index (κ2) is 3.71. The molecule has 5 heteroatoms. The molecule has 0 saturated carbocycles. The third-order valence-corrected chi connectivity index (χ3v) is 2.36. The van der Waals surface area contributed by atoms with Crippen LogP contribution in [-0.4, -0.2) is 14.8 Å². The highest BCUT2D eigenvalue weighted by Crippen LogP contribution is 2.28. The van der Waals surface area contributed by atoms with Gasteiger partial charge in [0.15, 0.2) is 0 Å². The molecule has 0 saturated heterocycles. The number of para-hydroxylation sites is 1. The van der Waals surface area contributed by atoms with Gasteiger partial charge in [-0.05, 0) is 30.2 Å². The molecular formula is C9H9N3OS. The standard InChI is InChI=1S/C9H9N3OS/c1-6-4-3-5-7(2)8(6)13-9-10-11-12-14-9/h3-5H,1-2H3. The number of aromatic nitrogens is 3. The Kier molecular flexibility index (Phi) is 2.41. The van der Waals surface area contributed by atoms with Crippen LogP contribution < -0.4 is 4.74 Å². The molecular weight excluding hydrogens is 198 g/mol. The maximum atomic E-state index is 5.56. The molecule has 14 heavy (non-hydrogen) atoms. The van der Waals surface area contributed by atoms with Crippen molar-refractivity contribution in [2.75, 3.05) is 0 Å². The van der Waals surface area contributed by atoms with E-state index in [4.69, 9.17) is 4.74 Å². The van der Waals surface area contributed by atoms with Gasteiger partial charge in [0, 0.05) is 11.5 Å². The molecule has 1 heterocycles. The fourth-order valence-corrected chi connectivity index (χ4v) is 1.55. The van der Waals surface area contributed by atoms with E-state index in [-0.39, 0.29) is 0 Å². The van der Waals surface area contributed by atoms with Crippen molar-refractivity contribution in [1.82, 2.24) is 14.8 Å². The lowest BCUT2D eigenvalue weighted by molar-refractivity contribution is 0.465. The van der Waals surface area contributed by atoms with Gasteiger partial charge in [-0.3, -0.25) is 0 Å². The molecule has 2 aromatic rings. The van der Waals surface area contributed by atoms with Crippen LogP contribution in [0.5, 0.6) is 10.9 Å². The predicted octanol–water partition coefficient (Wildman–Crippen LogP) is 2.34. The summed E-state index contributed by atoms with van der Waals surface area (Å²) in [5.41, 5.74) is 2.17. The van der Waals surface area contributed by atoms with E-state index in [0.717, 1.165) is 28.4 Å². The van der Waals surface area contributed by atoms with E-state index in [0.29, 0.717) is 5.19 Å². The van der Waals surface area contributed by atoms with Gasteiger partial charge in [0.1, 0.15) is 5.75 Å². The fourth-order valence-electron chi connectivity index (χ4n) is 1.21. The average molecular weight is 207 g/mol. The van der Waals surface area contributed by atoms with Crippen molar-refractivity contribution >= 4 is 11.5 Å². The molecule has 0 atom stereocenters. The van der Waals surface area contributed by atoms with Crippen molar-refractivity contribution < 1.29 is 4.74 Å². The minimum absolute atomic E-state index is 0.474. The molecule has 0 aliphatic rings. The van der Waals surface area contributed by atoms with Crippen molar-refractivity contribution in [2.45, 2.75) is 13.8 Å². The second-order valence-electron chi connectivity index (χ2n) is 2.95. The minimum atomic E-state index is 0.474. The van der Waals surface area contributed by atoms with Crippen LogP contribution in [0.3, 0.4) is 0 Å². The molecule has 1 aromatic carbocycles. The summed E-state index contributed by atoms with van der Waals surface area (Å²) in [7, 11) is 0. The molecule has 72 valence electrons. The van der Waals surface area contributed by atoms with Gasteiger partial charge in [0.2, 0.25) is 0 Å². The number of aryl methyl sites for hydroxylation is 2. The van der Waals surface area contributed by atoms with Gasteiger partial charge in [0.05, 0.1) is 0 Å². The first kappa shape index (κ1) is 9.08. The topological polar surface area (TPSA) is 47.9 Å². The van der Waals surface area contributed by atoms with Crippen molar-refractivity contribution in [2.24, 2.45) is 0 Å². The van der Waals surface area contributed by atoms with Crippen LogP contribution in [0.4, 0.5) is 0 Å². The molecule has 0 spiro atoms. The van der Waals surface area contributed by atoms with E-state index in [1.807, 2.05) is 32.0 Å². The lowest BCUT2D eigenvalue weighted by Crippen LogP contribution is -1.90. The first-order valence-corrected chi connectivity index (χ1v) is 4.94. The molecule has 0 aliphatic carbocycles. The van der Waals surface area contributed by atoms with E-state index >= 15 is 0 Å². The maximum Gasteiger partial charge on any atom is 0.319 e. The van der Waals surface area contributed by atoms with Gasteiger partial charge in [0.25, 0.3) is 0 Å². The average Bonchev–Trinajstić information content (AvgIpc) is 2.64. The number of hydrogen-bond acceptors (Lipinski definition) is 5. The monoisotopic (exact) mass is 207 g/mol. The second-order valence-corrected chi connectivity index (χ2v) is 3.65. The smallest absolute Gasteiger partial charge is 0.319 e. The molecule has 1 aromatic heterocycles. The van der Waals surface area contributed by atoms with Crippen LogP contribution in [0.1, 0.15) is 11.1 Å². The molecule has 0 bridgehead atoms. The van der Waals surface area contributed by atoms with E-state index in [1.165, 1.54) is 0 Å². The summed E-state index contributed by atoms with van der Waals surface area (Å²) in [5, 5.41) is 7.67. The van der Waals surface area contributed by atoms with E-state index in [9.17, 15) is 0 Å². The van der Waals surface area contributed by atoms with Gasteiger partial charge in [-0.2, -0.15) is 0 Å². The number of hydrogen-bond donors (Lipinski definition) is 0.